The van der Waals surface area contributed by atoms with Gasteiger partial charge in [-0.3, -0.25) is 0 Å². The fraction of sp³-hybridized carbons (Fsp3) is 0.556. The van der Waals surface area contributed by atoms with Crippen LogP contribution in [-0.2, 0) is 0 Å². The number of carbonyl (C=O) groups is 1. The normalized spacial score (nSPS) is 27.8. The van der Waals surface area contributed by atoms with Gasteiger partial charge in [0.05, 0.1) is 0 Å². The topological polar surface area (TPSA) is 67.5 Å². The van der Waals surface area contributed by atoms with Crippen LogP contribution in [0.4, 0.5) is 4.79 Å². The molecule has 4 nitrogen and oxygen atoms in total. The van der Waals surface area contributed by atoms with Gasteiger partial charge in [-0.2, -0.15) is 5.10 Å². The van der Waals surface area contributed by atoms with E-state index in [-0.39, 0.29) is 0 Å². The number of carbonyl (C=O) groups excluding carboxylic acids is 1. The molecular weight excluding hydrogens is 166 g/mol. The van der Waals surface area contributed by atoms with E-state index in [4.69, 9.17) is 5.73 Å². The molecule has 0 aliphatic heterocycles. The predicted octanol–water partition coefficient (Wildman–Crippen LogP) is 1.24. The average molecular weight is 181 g/mol. The van der Waals surface area contributed by atoms with Crippen molar-refractivity contribution in [2.45, 2.75) is 19.8 Å². The van der Waals surface area contributed by atoms with Gasteiger partial charge in [0.2, 0.25) is 0 Å². The molecule has 13 heavy (non-hydrogen) atoms. The summed E-state index contributed by atoms with van der Waals surface area (Å²) in [5.74, 6) is 1.00. The molecule has 0 saturated carbocycles. The van der Waals surface area contributed by atoms with E-state index in [1.807, 2.05) is 0 Å². The molecule has 1 aliphatic carbocycles. The summed E-state index contributed by atoms with van der Waals surface area (Å²) in [6.45, 7) is 2.17. The van der Waals surface area contributed by atoms with Crippen molar-refractivity contribution in [2.24, 2.45) is 22.7 Å². The predicted molar refractivity (Wildman–Crippen MR) is 52.2 cm³/mol. The molecule has 0 aromatic heterocycles. The zero-order valence-electron chi connectivity index (χ0n) is 7.73. The summed E-state index contributed by atoms with van der Waals surface area (Å²) in [6.07, 6.45) is 8.15. The van der Waals surface area contributed by atoms with Crippen LogP contribution in [0.25, 0.3) is 0 Å². The third-order valence-corrected chi connectivity index (χ3v) is 2.25. The number of amides is 2. The Morgan fingerprint density at radius 1 is 1.62 bits per heavy atom. The van der Waals surface area contributed by atoms with Gasteiger partial charge in [0.1, 0.15) is 0 Å². The molecule has 0 fully saturated rings. The van der Waals surface area contributed by atoms with E-state index in [1.54, 1.807) is 6.21 Å². The smallest absolute Gasteiger partial charge is 0.332 e. The molecule has 3 N–H and O–H groups in total. The molecule has 0 heterocycles. The molecule has 0 radical (unpaired) electrons. The van der Waals surface area contributed by atoms with Crippen LogP contribution in [0.3, 0.4) is 0 Å². The van der Waals surface area contributed by atoms with Gasteiger partial charge < -0.3 is 5.73 Å². The van der Waals surface area contributed by atoms with Crippen molar-refractivity contribution in [3.05, 3.63) is 12.2 Å². The number of rotatable bonds is 2. The monoisotopic (exact) mass is 181 g/mol. The number of allylic oxidation sites excluding steroid dienone is 2. The molecule has 0 aromatic carbocycles. The first kappa shape index (κ1) is 9.77. The van der Waals surface area contributed by atoms with Gasteiger partial charge in [0, 0.05) is 12.1 Å². The summed E-state index contributed by atoms with van der Waals surface area (Å²) >= 11 is 0. The van der Waals surface area contributed by atoms with E-state index in [1.165, 1.54) is 0 Å². The SMILES string of the molecule is CC1CC=CCC1/C=N/NC(N)=O. The van der Waals surface area contributed by atoms with Crippen molar-refractivity contribution in [2.75, 3.05) is 0 Å². The van der Waals surface area contributed by atoms with Crippen LogP contribution in [0, 0.1) is 11.8 Å². The first-order valence-corrected chi connectivity index (χ1v) is 4.43. The molecule has 2 atom stereocenters. The highest BCUT2D eigenvalue weighted by molar-refractivity contribution is 5.73. The van der Waals surface area contributed by atoms with Crippen LogP contribution < -0.4 is 11.2 Å². The molecule has 1 rings (SSSR count). The molecule has 0 spiro atoms. The lowest BCUT2D eigenvalue weighted by Gasteiger charge is -2.20. The Balaban J connectivity index is 2.39. The number of nitrogens with two attached hydrogens (primary N) is 1. The van der Waals surface area contributed by atoms with Crippen LogP contribution in [0.5, 0.6) is 0 Å². The fourth-order valence-electron chi connectivity index (χ4n) is 1.38. The van der Waals surface area contributed by atoms with E-state index in [0.717, 1.165) is 12.8 Å². The lowest BCUT2D eigenvalue weighted by molar-refractivity contribution is 0.249. The Morgan fingerprint density at radius 2 is 2.31 bits per heavy atom. The summed E-state index contributed by atoms with van der Waals surface area (Å²) in [5.41, 5.74) is 7.06. The highest BCUT2D eigenvalue weighted by atomic mass is 16.2. The van der Waals surface area contributed by atoms with Crippen molar-refractivity contribution < 1.29 is 4.79 Å². The van der Waals surface area contributed by atoms with Crippen LogP contribution >= 0.6 is 0 Å². The van der Waals surface area contributed by atoms with Crippen molar-refractivity contribution in [3.63, 3.8) is 0 Å². The van der Waals surface area contributed by atoms with E-state index >= 15 is 0 Å². The number of hydrogen-bond donors (Lipinski definition) is 2. The standard InChI is InChI=1S/C9H15N3O/c1-7-4-2-3-5-8(7)6-11-12-9(10)13/h2-3,6-8H,4-5H2,1H3,(H3,10,12,13)/b11-6+. The van der Waals surface area contributed by atoms with Gasteiger partial charge >= 0.3 is 6.03 Å². The van der Waals surface area contributed by atoms with Gasteiger partial charge in [-0.25, -0.2) is 10.2 Å². The van der Waals surface area contributed by atoms with E-state index < -0.39 is 6.03 Å². The summed E-state index contributed by atoms with van der Waals surface area (Å²) < 4.78 is 0. The summed E-state index contributed by atoms with van der Waals surface area (Å²) in [5, 5.41) is 3.76. The highest BCUT2D eigenvalue weighted by Crippen LogP contribution is 2.22. The average Bonchev–Trinajstić information content (AvgIpc) is 2.08. The van der Waals surface area contributed by atoms with Crippen LogP contribution in [-0.4, -0.2) is 12.2 Å². The van der Waals surface area contributed by atoms with Crippen molar-refractivity contribution >= 4 is 12.2 Å². The van der Waals surface area contributed by atoms with Crippen molar-refractivity contribution in [3.8, 4) is 0 Å². The van der Waals surface area contributed by atoms with Gasteiger partial charge in [0.15, 0.2) is 0 Å². The molecule has 2 unspecified atom stereocenters. The number of urea groups is 1. The Labute approximate surface area is 77.9 Å². The number of hydrogen-bond acceptors (Lipinski definition) is 2. The van der Waals surface area contributed by atoms with E-state index in [0.29, 0.717) is 11.8 Å². The van der Waals surface area contributed by atoms with Gasteiger partial charge in [-0.05, 0) is 18.8 Å². The maximum Gasteiger partial charge on any atom is 0.332 e. The molecule has 0 bridgehead atoms. The van der Waals surface area contributed by atoms with E-state index in [9.17, 15) is 4.79 Å². The number of nitrogens with zero attached hydrogens (tertiary/aromatic N) is 1. The minimum absolute atomic E-state index is 0.414. The quantitative estimate of drug-likeness (QED) is 0.375. The van der Waals surface area contributed by atoms with Crippen molar-refractivity contribution in [1.29, 1.82) is 0 Å². The van der Waals surface area contributed by atoms with Crippen LogP contribution in [0.2, 0.25) is 0 Å². The zero-order chi connectivity index (χ0) is 9.68. The Bertz CT molecular complexity index is 235. The minimum atomic E-state index is -0.616. The first-order valence-electron chi connectivity index (χ1n) is 4.43. The Hall–Kier alpha value is -1.32. The highest BCUT2D eigenvalue weighted by Gasteiger charge is 2.15. The van der Waals surface area contributed by atoms with Crippen molar-refractivity contribution in [1.82, 2.24) is 5.43 Å². The molecule has 1 aliphatic rings. The maximum absolute atomic E-state index is 10.3. The van der Waals surface area contributed by atoms with Crippen LogP contribution in [0.15, 0.2) is 17.3 Å². The Morgan fingerprint density at radius 3 is 2.92 bits per heavy atom. The zero-order valence-corrected chi connectivity index (χ0v) is 7.73. The minimum Gasteiger partial charge on any atom is -0.350 e. The number of nitrogens with one attached hydrogen (secondary N) is 1. The number of primary amides is 1. The third-order valence-electron chi connectivity index (χ3n) is 2.25. The molecule has 4 heteroatoms. The maximum atomic E-state index is 10.3. The first-order chi connectivity index (χ1) is 6.20. The number of hydrazone groups is 1. The molecular formula is C9H15N3O. The summed E-state index contributed by atoms with van der Waals surface area (Å²) in [7, 11) is 0. The lowest BCUT2D eigenvalue weighted by atomic mass is 9.85. The molecule has 72 valence electrons. The second kappa shape index (κ2) is 4.64. The van der Waals surface area contributed by atoms with Crippen LogP contribution in [0.1, 0.15) is 19.8 Å². The fourth-order valence-corrected chi connectivity index (χ4v) is 1.38. The van der Waals surface area contributed by atoms with E-state index in [2.05, 4.69) is 29.6 Å². The van der Waals surface area contributed by atoms with Gasteiger partial charge in [0.25, 0.3) is 0 Å². The summed E-state index contributed by atoms with van der Waals surface area (Å²) in [4.78, 5) is 10.3. The van der Waals surface area contributed by atoms with Gasteiger partial charge in [-0.1, -0.05) is 19.1 Å². The lowest BCUT2D eigenvalue weighted by Crippen LogP contribution is -2.25. The largest absolute Gasteiger partial charge is 0.350 e. The third kappa shape index (κ3) is 3.27. The molecule has 2 amide bonds. The van der Waals surface area contributed by atoms with Gasteiger partial charge in [-0.15, -0.1) is 0 Å². The molecule has 0 aromatic rings. The summed E-state index contributed by atoms with van der Waals surface area (Å²) in [6, 6.07) is -0.616. The second-order valence-electron chi connectivity index (χ2n) is 3.34. The molecule has 0 saturated heterocycles. The second-order valence-corrected chi connectivity index (χ2v) is 3.34. The Kier molecular flexibility index (Phi) is 3.49.